The highest BCUT2D eigenvalue weighted by atomic mass is 32.2. The molecular formula is C11H16N4O3S2. The third-order valence-electron chi connectivity index (χ3n) is 3.01. The van der Waals surface area contributed by atoms with Crippen molar-refractivity contribution in [2.75, 3.05) is 24.2 Å². The maximum atomic E-state index is 12.0. The molecule has 0 aliphatic carbocycles. The molecule has 2 amide bonds. The summed E-state index contributed by atoms with van der Waals surface area (Å²) >= 11 is 2.28. The number of aromatic nitrogens is 2. The molecule has 0 spiro atoms. The number of likely N-dealkylation sites (tertiary alicyclic amines) is 1. The van der Waals surface area contributed by atoms with Crippen LogP contribution in [-0.4, -0.2) is 51.0 Å². The van der Waals surface area contributed by atoms with E-state index in [0.717, 1.165) is 37.7 Å². The van der Waals surface area contributed by atoms with Crippen molar-refractivity contribution < 1.29 is 14.7 Å². The Bertz CT molecular complexity index is 486. The molecule has 2 heterocycles. The summed E-state index contributed by atoms with van der Waals surface area (Å²) in [5.41, 5.74) is 0. The first-order chi connectivity index (χ1) is 9.54. The third kappa shape index (κ3) is 4.34. The topological polar surface area (TPSA) is 95.4 Å². The summed E-state index contributed by atoms with van der Waals surface area (Å²) < 4.78 is 0.537. The summed E-state index contributed by atoms with van der Waals surface area (Å²) in [6, 6.07) is -0.164. The van der Waals surface area contributed by atoms with Crippen LogP contribution in [0.15, 0.2) is 4.34 Å². The van der Waals surface area contributed by atoms with E-state index in [1.165, 1.54) is 11.3 Å². The maximum Gasteiger partial charge on any atom is 0.323 e. The Kier molecular flexibility index (Phi) is 5.18. The van der Waals surface area contributed by atoms with E-state index >= 15 is 0 Å². The average Bonchev–Trinajstić information content (AvgIpc) is 2.84. The van der Waals surface area contributed by atoms with Gasteiger partial charge >= 0.3 is 12.0 Å². The second-order valence-corrected chi connectivity index (χ2v) is 6.86. The second kappa shape index (κ2) is 6.89. The van der Waals surface area contributed by atoms with E-state index < -0.39 is 5.97 Å². The number of piperidine rings is 1. The van der Waals surface area contributed by atoms with E-state index in [2.05, 4.69) is 22.4 Å². The molecule has 0 bridgehead atoms. The fourth-order valence-corrected chi connectivity index (χ4v) is 3.29. The van der Waals surface area contributed by atoms with Gasteiger partial charge in [0.1, 0.15) is 0 Å². The molecule has 0 radical (unpaired) electrons. The highest BCUT2D eigenvalue weighted by Crippen LogP contribution is 2.25. The minimum Gasteiger partial charge on any atom is -0.481 e. The number of hydrogen-bond donors (Lipinski definition) is 2. The van der Waals surface area contributed by atoms with E-state index in [1.807, 2.05) is 0 Å². The number of hydrogen-bond acceptors (Lipinski definition) is 6. The predicted octanol–water partition coefficient (Wildman–Crippen LogP) is 1.98. The number of anilines is 1. The number of carbonyl (C=O) groups is 2. The Morgan fingerprint density at radius 3 is 2.80 bits per heavy atom. The molecule has 0 atom stereocenters. The van der Waals surface area contributed by atoms with Gasteiger partial charge in [-0.15, -0.1) is 10.2 Å². The second-order valence-electron chi connectivity index (χ2n) is 4.66. The molecule has 110 valence electrons. The van der Waals surface area contributed by atoms with Gasteiger partial charge < -0.3 is 10.0 Å². The number of nitrogens with zero attached hydrogens (tertiary/aromatic N) is 3. The molecule has 1 aliphatic rings. The van der Waals surface area contributed by atoms with E-state index in [1.54, 1.807) is 4.90 Å². The molecule has 2 rings (SSSR count). The lowest BCUT2D eigenvalue weighted by atomic mass is 10.00. The molecule has 1 aromatic heterocycles. The van der Waals surface area contributed by atoms with Gasteiger partial charge in [0, 0.05) is 13.1 Å². The molecule has 0 aromatic carbocycles. The molecule has 1 aliphatic heterocycles. The van der Waals surface area contributed by atoms with Crippen molar-refractivity contribution in [1.82, 2.24) is 15.1 Å². The number of urea groups is 1. The SMILES string of the molecule is CC1CCN(C(=O)Nc2nnc(SCC(=O)O)s2)CC1. The molecule has 1 saturated heterocycles. The van der Waals surface area contributed by atoms with Crippen LogP contribution in [-0.2, 0) is 4.79 Å². The normalized spacial score (nSPS) is 16.1. The molecule has 20 heavy (non-hydrogen) atoms. The molecular weight excluding hydrogens is 300 g/mol. The zero-order valence-corrected chi connectivity index (χ0v) is 12.7. The molecule has 2 N–H and O–H groups in total. The Hall–Kier alpha value is -1.35. The van der Waals surface area contributed by atoms with Crippen LogP contribution in [0.3, 0.4) is 0 Å². The zero-order chi connectivity index (χ0) is 14.5. The average molecular weight is 316 g/mol. The van der Waals surface area contributed by atoms with Gasteiger partial charge in [-0.3, -0.25) is 10.1 Å². The highest BCUT2D eigenvalue weighted by Gasteiger charge is 2.21. The minimum absolute atomic E-state index is 0.0629. The summed E-state index contributed by atoms with van der Waals surface area (Å²) in [6.07, 6.45) is 2.03. The smallest absolute Gasteiger partial charge is 0.323 e. The van der Waals surface area contributed by atoms with E-state index in [-0.39, 0.29) is 11.8 Å². The molecule has 9 heteroatoms. The number of amides is 2. The fraction of sp³-hybridized carbons (Fsp3) is 0.636. The van der Waals surface area contributed by atoms with Gasteiger partial charge in [0.2, 0.25) is 5.13 Å². The number of carboxylic acid groups (broad SMARTS) is 1. The first-order valence-electron chi connectivity index (χ1n) is 6.28. The Morgan fingerprint density at radius 2 is 2.15 bits per heavy atom. The standard InChI is InChI=1S/C11H16N4O3S2/c1-7-2-4-15(5-3-7)10(18)12-9-13-14-11(20-9)19-6-8(16)17/h7H,2-6H2,1H3,(H,16,17)(H,12,13,18). The highest BCUT2D eigenvalue weighted by molar-refractivity contribution is 8.01. The van der Waals surface area contributed by atoms with Crippen molar-refractivity contribution in [3.8, 4) is 0 Å². The van der Waals surface area contributed by atoms with Crippen molar-refractivity contribution in [3.63, 3.8) is 0 Å². The van der Waals surface area contributed by atoms with E-state index in [4.69, 9.17) is 5.11 Å². The molecule has 0 saturated carbocycles. The first kappa shape index (κ1) is 15.0. The van der Waals surface area contributed by atoms with Gasteiger partial charge in [0.05, 0.1) is 5.75 Å². The van der Waals surface area contributed by atoms with Gasteiger partial charge in [-0.2, -0.15) is 0 Å². The number of nitrogens with one attached hydrogen (secondary N) is 1. The van der Waals surface area contributed by atoms with Crippen LogP contribution in [0, 0.1) is 5.92 Å². The van der Waals surface area contributed by atoms with Crippen LogP contribution in [0.1, 0.15) is 19.8 Å². The largest absolute Gasteiger partial charge is 0.481 e. The van der Waals surface area contributed by atoms with Gasteiger partial charge in [-0.1, -0.05) is 30.0 Å². The molecule has 0 unspecified atom stereocenters. The zero-order valence-electron chi connectivity index (χ0n) is 11.0. The quantitative estimate of drug-likeness (QED) is 0.651. The van der Waals surface area contributed by atoms with Crippen LogP contribution >= 0.6 is 23.1 Å². The number of rotatable bonds is 4. The first-order valence-corrected chi connectivity index (χ1v) is 8.09. The van der Waals surface area contributed by atoms with Crippen molar-refractivity contribution >= 4 is 40.2 Å². The summed E-state index contributed by atoms with van der Waals surface area (Å²) in [5.74, 6) is -0.301. The maximum absolute atomic E-state index is 12.0. The number of thioether (sulfide) groups is 1. The Labute approximate surface area is 124 Å². The lowest BCUT2D eigenvalue weighted by Gasteiger charge is -2.29. The van der Waals surface area contributed by atoms with Crippen LogP contribution in [0.25, 0.3) is 0 Å². The third-order valence-corrected chi connectivity index (χ3v) is 4.97. The van der Waals surface area contributed by atoms with Crippen molar-refractivity contribution in [3.05, 3.63) is 0 Å². The minimum atomic E-state index is -0.904. The Morgan fingerprint density at radius 1 is 1.45 bits per heavy atom. The van der Waals surface area contributed by atoms with Crippen LogP contribution in [0.5, 0.6) is 0 Å². The summed E-state index contributed by atoms with van der Waals surface area (Å²) in [4.78, 5) is 24.2. The van der Waals surface area contributed by atoms with Crippen LogP contribution in [0.4, 0.5) is 9.93 Å². The lowest BCUT2D eigenvalue weighted by molar-refractivity contribution is -0.133. The van der Waals surface area contributed by atoms with Crippen LogP contribution < -0.4 is 5.32 Å². The van der Waals surface area contributed by atoms with Crippen molar-refractivity contribution in [2.24, 2.45) is 5.92 Å². The predicted molar refractivity (Wildman–Crippen MR) is 77.3 cm³/mol. The van der Waals surface area contributed by atoms with Gasteiger partial charge in [-0.05, 0) is 18.8 Å². The number of carboxylic acids is 1. The lowest BCUT2D eigenvalue weighted by Crippen LogP contribution is -2.40. The number of carbonyl (C=O) groups excluding carboxylic acids is 1. The molecule has 1 fully saturated rings. The number of aliphatic carboxylic acids is 1. The Balaban J connectivity index is 1.83. The van der Waals surface area contributed by atoms with Crippen molar-refractivity contribution in [1.29, 1.82) is 0 Å². The summed E-state index contributed by atoms with van der Waals surface area (Å²) in [5, 5.41) is 19.4. The summed E-state index contributed by atoms with van der Waals surface area (Å²) in [7, 11) is 0. The van der Waals surface area contributed by atoms with Gasteiger partial charge in [0.15, 0.2) is 4.34 Å². The van der Waals surface area contributed by atoms with Gasteiger partial charge in [0.25, 0.3) is 0 Å². The van der Waals surface area contributed by atoms with E-state index in [0.29, 0.717) is 15.4 Å². The van der Waals surface area contributed by atoms with Gasteiger partial charge in [-0.25, -0.2) is 4.79 Å². The summed E-state index contributed by atoms with van der Waals surface area (Å²) in [6.45, 7) is 3.70. The molecule has 1 aromatic rings. The fourth-order valence-electron chi connectivity index (χ4n) is 1.82. The molecule has 7 nitrogen and oxygen atoms in total. The van der Waals surface area contributed by atoms with E-state index in [9.17, 15) is 9.59 Å². The monoisotopic (exact) mass is 316 g/mol. The van der Waals surface area contributed by atoms with Crippen molar-refractivity contribution in [2.45, 2.75) is 24.1 Å². The van der Waals surface area contributed by atoms with Crippen LogP contribution in [0.2, 0.25) is 0 Å².